The lowest BCUT2D eigenvalue weighted by Gasteiger charge is -2.23. The van der Waals surface area contributed by atoms with Crippen LogP contribution in [0.3, 0.4) is 0 Å². The Labute approximate surface area is 139 Å². The van der Waals surface area contributed by atoms with E-state index in [0.717, 1.165) is 17.7 Å². The number of hydrogen-bond donors (Lipinski definition) is 2. The molecule has 3 N–H and O–H groups in total. The molecule has 6 heteroatoms. The molecular formula is C18H18FN3O2. The van der Waals surface area contributed by atoms with Crippen LogP contribution in [-0.4, -0.2) is 18.5 Å². The van der Waals surface area contributed by atoms with Gasteiger partial charge in [0.05, 0.1) is 12.5 Å². The van der Waals surface area contributed by atoms with Gasteiger partial charge in [-0.2, -0.15) is 0 Å². The minimum Gasteiger partial charge on any atom is -0.352 e. The molecule has 0 unspecified atom stereocenters. The van der Waals surface area contributed by atoms with Crippen molar-refractivity contribution in [3.8, 4) is 0 Å². The average molecular weight is 327 g/mol. The number of nitrogens with two attached hydrogens (primary N) is 1. The van der Waals surface area contributed by atoms with E-state index in [4.69, 9.17) is 5.73 Å². The van der Waals surface area contributed by atoms with Crippen LogP contribution in [0.5, 0.6) is 0 Å². The molecule has 124 valence electrons. The minimum atomic E-state index is -0.802. The molecule has 1 aliphatic heterocycles. The molecule has 1 aliphatic rings. The van der Waals surface area contributed by atoms with Crippen molar-refractivity contribution in [2.45, 2.75) is 18.9 Å². The molecule has 0 bridgehead atoms. The van der Waals surface area contributed by atoms with Gasteiger partial charge in [-0.3, -0.25) is 4.79 Å². The molecule has 2 aromatic carbocycles. The lowest BCUT2D eigenvalue weighted by molar-refractivity contribution is -0.119. The Morgan fingerprint density at radius 2 is 1.88 bits per heavy atom. The number of primary amides is 1. The van der Waals surface area contributed by atoms with Crippen LogP contribution in [0.25, 0.3) is 0 Å². The van der Waals surface area contributed by atoms with Crippen LogP contribution < -0.4 is 16.0 Å². The first kappa shape index (κ1) is 16.0. The van der Waals surface area contributed by atoms with Gasteiger partial charge in [0.25, 0.3) is 0 Å². The summed E-state index contributed by atoms with van der Waals surface area (Å²) in [5.74, 6) is -0.659. The van der Waals surface area contributed by atoms with Crippen LogP contribution >= 0.6 is 0 Å². The molecule has 0 radical (unpaired) electrons. The normalized spacial score (nSPS) is 14.1. The summed E-state index contributed by atoms with van der Waals surface area (Å²) in [7, 11) is 0. The molecule has 2 aromatic rings. The maximum absolute atomic E-state index is 14.0. The number of urea groups is 1. The van der Waals surface area contributed by atoms with Gasteiger partial charge in [-0.25, -0.2) is 9.18 Å². The number of amides is 3. The molecule has 1 atom stereocenters. The smallest absolute Gasteiger partial charge is 0.312 e. The van der Waals surface area contributed by atoms with Crippen LogP contribution in [0.1, 0.15) is 23.6 Å². The SMILES string of the molecule is NC(=O)N[C@@H](CC(=O)N1CCc2ccccc21)c1ccccc1F. The molecular weight excluding hydrogens is 309 g/mol. The predicted molar refractivity (Wildman–Crippen MR) is 89.0 cm³/mol. The van der Waals surface area contributed by atoms with Crippen molar-refractivity contribution in [3.05, 3.63) is 65.5 Å². The Morgan fingerprint density at radius 1 is 1.17 bits per heavy atom. The van der Waals surface area contributed by atoms with E-state index < -0.39 is 17.9 Å². The van der Waals surface area contributed by atoms with Gasteiger partial charge in [0.15, 0.2) is 0 Å². The van der Waals surface area contributed by atoms with E-state index in [1.165, 1.54) is 6.07 Å². The van der Waals surface area contributed by atoms with Gasteiger partial charge < -0.3 is 16.0 Å². The summed E-state index contributed by atoms with van der Waals surface area (Å²) in [5.41, 5.74) is 7.41. The average Bonchev–Trinajstić information content (AvgIpc) is 2.98. The molecule has 3 rings (SSSR count). The maximum Gasteiger partial charge on any atom is 0.312 e. The molecule has 0 saturated heterocycles. The van der Waals surface area contributed by atoms with Gasteiger partial charge in [0.2, 0.25) is 5.91 Å². The molecule has 0 fully saturated rings. The minimum absolute atomic E-state index is 0.0573. The lowest BCUT2D eigenvalue weighted by Crippen LogP contribution is -2.38. The Bertz CT molecular complexity index is 778. The van der Waals surface area contributed by atoms with Crippen molar-refractivity contribution in [3.63, 3.8) is 0 Å². The quantitative estimate of drug-likeness (QED) is 0.905. The Morgan fingerprint density at radius 3 is 2.62 bits per heavy atom. The van der Waals surface area contributed by atoms with Crippen molar-refractivity contribution in [1.29, 1.82) is 0 Å². The second-order valence-corrected chi connectivity index (χ2v) is 5.71. The Balaban J connectivity index is 1.82. The summed E-state index contributed by atoms with van der Waals surface area (Å²) in [6, 6.07) is 12.1. The molecule has 24 heavy (non-hydrogen) atoms. The third-order valence-electron chi connectivity index (χ3n) is 4.16. The fourth-order valence-electron chi connectivity index (χ4n) is 3.05. The highest BCUT2D eigenvalue weighted by Crippen LogP contribution is 2.30. The number of benzene rings is 2. The van der Waals surface area contributed by atoms with Crippen molar-refractivity contribution in [2.24, 2.45) is 5.73 Å². The standard InChI is InChI=1S/C18H18FN3O2/c19-14-7-3-2-6-13(14)15(21-18(20)24)11-17(23)22-10-9-12-5-1-4-8-16(12)22/h1-8,15H,9-11H2,(H3,20,21,24)/t15-/m0/s1. The first-order valence-corrected chi connectivity index (χ1v) is 7.75. The van der Waals surface area contributed by atoms with E-state index in [1.54, 1.807) is 23.1 Å². The van der Waals surface area contributed by atoms with E-state index in [2.05, 4.69) is 5.32 Å². The molecule has 0 spiro atoms. The third-order valence-corrected chi connectivity index (χ3v) is 4.16. The van der Waals surface area contributed by atoms with Gasteiger partial charge in [0.1, 0.15) is 5.82 Å². The number of anilines is 1. The van der Waals surface area contributed by atoms with Crippen LogP contribution in [0.15, 0.2) is 48.5 Å². The molecule has 0 aromatic heterocycles. The predicted octanol–water partition coefficient (Wildman–Crippen LogP) is 2.51. The van der Waals surface area contributed by atoms with Crippen molar-refractivity contribution in [2.75, 3.05) is 11.4 Å². The summed E-state index contributed by atoms with van der Waals surface area (Å²) in [6.45, 7) is 0.582. The topological polar surface area (TPSA) is 75.4 Å². The van der Waals surface area contributed by atoms with Crippen LogP contribution in [-0.2, 0) is 11.2 Å². The third kappa shape index (κ3) is 3.22. The summed E-state index contributed by atoms with van der Waals surface area (Å²) in [6.07, 6.45) is 0.730. The maximum atomic E-state index is 14.0. The van der Waals surface area contributed by atoms with Crippen molar-refractivity contribution < 1.29 is 14.0 Å². The number of nitrogens with one attached hydrogen (secondary N) is 1. The van der Waals surface area contributed by atoms with Crippen molar-refractivity contribution >= 4 is 17.6 Å². The summed E-state index contributed by atoms with van der Waals surface area (Å²) in [4.78, 5) is 25.6. The summed E-state index contributed by atoms with van der Waals surface area (Å²) in [5, 5.41) is 2.47. The largest absolute Gasteiger partial charge is 0.352 e. The van der Waals surface area contributed by atoms with Crippen LogP contribution in [0, 0.1) is 5.82 Å². The number of rotatable bonds is 4. The monoisotopic (exact) mass is 327 g/mol. The molecule has 3 amide bonds. The van der Waals surface area contributed by atoms with E-state index >= 15 is 0 Å². The fraction of sp³-hybridized carbons (Fsp3) is 0.222. The number of carbonyl (C=O) groups excluding carboxylic acids is 2. The zero-order valence-corrected chi connectivity index (χ0v) is 13.0. The van der Waals surface area contributed by atoms with E-state index in [9.17, 15) is 14.0 Å². The highest BCUT2D eigenvalue weighted by molar-refractivity contribution is 5.96. The van der Waals surface area contributed by atoms with Crippen molar-refractivity contribution in [1.82, 2.24) is 5.32 Å². The second kappa shape index (κ2) is 6.70. The molecule has 1 heterocycles. The van der Waals surface area contributed by atoms with E-state index in [1.807, 2.05) is 24.3 Å². The van der Waals surface area contributed by atoms with Gasteiger partial charge in [-0.15, -0.1) is 0 Å². The number of carbonyl (C=O) groups is 2. The summed E-state index contributed by atoms with van der Waals surface area (Å²) >= 11 is 0. The van der Waals surface area contributed by atoms with Crippen LogP contribution in [0.2, 0.25) is 0 Å². The van der Waals surface area contributed by atoms with Gasteiger partial charge in [0, 0.05) is 17.8 Å². The summed E-state index contributed by atoms with van der Waals surface area (Å²) < 4.78 is 14.0. The van der Waals surface area contributed by atoms with Gasteiger partial charge in [-0.1, -0.05) is 36.4 Å². The van der Waals surface area contributed by atoms with Gasteiger partial charge >= 0.3 is 6.03 Å². The highest BCUT2D eigenvalue weighted by atomic mass is 19.1. The fourth-order valence-corrected chi connectivity index (χ4v) is 3.05. The number of halogens is 1. The second-order valence-electron chi connectivity index (χ2n) is 5.71. The van der Waals surface area contributed by atoms with E-state index in [-0.39, 0.29) is 17.9 Å². The van der Waals surface area contributed by atoms with Crippen LogP contribution in [0.4, 0.5) is 14.9 Å². The zero-order chi connectivity index (χ0) is 17.1. The Hall–Kier alpha value is -2.89. The number of para-hydroxylation sites is 1. The lowest BCUT2D eigenvalue weighted by atomic mass is 10.0. The first-order valence-electron chi connectivity index (χ1n) is 7.75. The molecule has 0 saturated carbocycles. The number of hydrogen-bond acceptors (Lipinski definition) is 2. The zero-order valence-electron chi connectivity index (χ0n) is 13.0. The Kier molecular flexibility index (Phi) is 4.46. The van der Waals surface area contributed by atoms with E-state index in [0.29, 0.717) is 6.54 Å². The number of fused-ring (bicyclic) bond motifs is 1. The first-order chi connectivity index (χ1) is 11.6. The highest BCUT2D eigenvalue weighted by Gasteiger charge is 2.28. The molecule has 0 aliphatic carbocycles. The molecule has 5 nitrogen and oxygen atoms in total. The van der Waals surface area contributed by atoms with Gasteiger partial charge in [-0.05, 0) is 24.1 Å². The number of nitrogens with zero attached hydrogens (tertiary/aromatic N) is 1.